The number of nitrogens with zero attached hydrogens (tertiary/aromatic N) is 4. The number of carbonyl (C=O) groups is 4. The highest BCUT2D eigenvalue weighted by Crippen LogP contribution is 2.31. The van der Waals surface area contributed by atoms with Crippen LogP contribution in [0, 0.1) is 17.7 Å². The standard InChI is InChI=1S/C33H47FN6O4/c1-5-30(42)36-27(33(44)39-17-15-38(4)16-18-39)20-23-9-12-25(26(34)19-23)21-29(41)31(24-10-7-22(3)8-11-24)37-32(43)28-13-14-35-40(28)6-2/h9,12-14,19,22,24,27,31H,5-8,10-11,15-18,20-21H2,1-4H3,(H,36,42)(H,37,43)/t22?,24?,27-,31+/m1/s1. The maximum Gasteiger partial charge on any atom is 0.270 e. The van der Waals surface area contributed by atoms with Crippen LogP contribution in [0.2, 0.25) is 0 Å². The summed E-state index contributed by atoms with van der Waals surface area (Å²) in [5.74, 6) is -1.01. The molecular formula is C33H47FN6O4. The van der Waals surface area contributed by atoms with E-state index in [0.29, 0.717) is 36.8 Å². The van der Waals surface area contributed by atoms with Crippen molar-refractivity contribution in [1.29, 1.82) is 0 Å². The van der Waals surface area contributed by atoms with Crippen LogP contribution in [-0.2, 0) is 33.8 Å². The first kappa shape index (κ1) is 33.3. The van der Waals surface area contributed by atoms with Crippen molar-refractivity contribution in [1.82, 2.24) is 30.2 Å². The normalized spacial score (nSPS) is 20.5. The smallest absolute Gasteiger partial charge is 0.270 e. The van der Waals surface area contributed by atoms with Crippen LogP contribution in [0.3, 0.4) is 0 Å². The number of amides is 3. The number of aryl methyl sites for hydroxylation is 1. The van der Waals surface area contributed by atoms with Gasteiger partial charge in [-0.05, 0) is 61.9 Å². The molecule has 1 saturated carbocycles. The summed E-state index contributed by atoms with van der Waals surface area (Å²) in [5.41, 5.74) is 1.18. The number of benzene rings is 1. The first-order chi connectivity index (χ1) is 21.1. The topological polar surface area (TPSA) is 117 Å². The minimum atomic E-state index is -0.803. The van der Waals surface area contributed by atoms with Crippen LogP contribution in [0.4, 0.5) is 4.39 Å². The molecule has 2 aromatic rings. The summed E-state index contributed by atoms with van der Waals surface area (Å²) in [6.45, 7) is 8.98. The molecule has 2 fully saturated rings. The van der Waals surface area contributed by atoms with Gasteiger partial charge in [0, 0.05) is 58.2 Å². The predicted octanol–water partition coefficient (Wildman–Crippen LogP) is 2.99. The van der Waals surface area contributed by atoms with E-state index >= 15 is 4.39 Å². The van der Waals surface area contributed by atoms with Gasteiger partial charge < -0.3 is 20.4 Å². The molecule has 1 aromatic heterocycles. The van der Waals surface area contributed by atoms with Crippen LogP contribution in [0.1, 0.15) is 74.5 Å². The molecule has 3 amide bonds. The Morgan fingerprint density at radius 3 is 2.34 bits per heavy atom. The molecule has 0 spiro atoms. The quantitative estimate of drug-likeness (QED) is 0.382. The van der Waals surface area contributed by atoms with Crippen LogP contribution in [-0.4, -0.2) is 88.4 Å². The number of hydrogen-bond acceptors (Lipinski definition) is 6. The molecule has 1 aliphatic carbocycles. The number of Topliss-reactive ketones (excluding diaryl/α,β-unsaturated/α-hetero) is 1. The van der Waals surface area contributed by atoms with Gasteiger partial charge in [-0.2, -0.15) is 5.10 Å². The van der Waals surface area contributed by atoms with E-state index in [9.17, 15) is 19.2 Å². The Labute approximate surface area is 259 Å². The molecular weight excluding hydrogens is 563 g/mol. The molecule has 0 bridgehead atoms. The van der Waals surface area contributed by atoms with Gasteiger partial charge in [-0.3, -0.25) is 23.9 Å². The lowest BCUT2D eigenvalue weighted by atomic mass is 9.77. The molecule has 2 atom stereocenters. The van der Waals surface area contributed by atoms with Gasteiger partial charge in [0.2, 0.25) is 11.8 Å². The van der Waals surface area contributed by atoms with E-state index in [4.69, 9.17) is 0 Å². The van der Waals surface area contributed by atoms with E-state index in [0.717, 1.165) is 38.8 Å². The molecule has 11 heteroatoms. The van der Waals surface area contributed by atoms with E-state index in [1.165, 1.54) is 6.07 Å². The van der Waals surface area contributed by atoms with Crippen LogP contribution >= 0.6 is 0 Å². The zero-order valence-electron chi connectivity index (χ0n) is 26.5. The van der Waals surface area contributed by atoms with Crippen LogP contribution in [0.25, 0.3) is 0 Å². The second-order valence-electron chi connectivity index (χ2n) is 12.4. The summed E-state index contributed by atoms with van der Waals surface area (Å²) >= 11 is 0. The number of likely N-dealkylation sites (N-methyl/N-ethyl adjacent to an activating group) is 1. The number of hydrogen-bond donors (Lipinski definition) is 2. The molecule has 1 aromatic carbocycles. The Morgan fingerprint density at radius 2 is 1.70 bits per heavy atom. The average molecular weight is 611 g/mol. The van der Waals surface area contributed by atoms with Gasteiger partial charge in [0.05, 0.1) is 6.04 Å². The molecule has 240 valence electrons. The van der Waals surface area contributed by atoms with Crippen LogP contribution in [0.15, 0.2) is 30.5 Å². The van der Waals surface area contributed by atoms with Crippen molar-refractivity contribution < 1.29 is 23.6 Å². The molecule has 1 aliphatic heterocycles. The molecule has 1 saturated heterocycles. The fourth-order valence-corrected chi connectivity index (χ4v) is 6.21. The zero-order chi connectivity index (χ0) is 31.8. The lowest BCUT2D eigenvalue weighted by Crippen LogP contribution is -2.54. The predicted molar refractivity (Wildman–Crippen MR) is 165 cm³/mol. The van der Waals surface area contributed by atoms with Crippen LogP contribution in [0.5, 0.6) is 0 Å². The Hall–Kier alpha value is -3.60. The number of nitrogens with one attached hydrogen (secondary N) is 2. The highest BCUT2D eigenvalue weighted by atomic mass is 19.1. The Kier molecular flexibility index (Phi) is 11.7. The van der Waals surface area contributed by atoms with E-state index < -0.39 is 17.9 Å². The average Bonchev–Trinajstić information content (AvgIpc) is 3.50. The summed E-state index contributed by atoms with van der Waals surface area (Å²) in [6.07, 6.45) is 5.37. The molecule has 2 N–H and O–H groups in total. The first-order valence-corrected chi connectivity index (χ1v) is 16.0. The lowest BCUT2D eigenvalue weighted by molar-refractivity contribution is -0.137. The maximum atomic E-state index is 15.5. The molecule has 2 aliphatic rings. The summed E-state index contributed by atoms with van der Waals surface area (Å²) in [7, 11) is 2.00. The first-order valence-electron chi connectivity index (χ1n) is 16.0. The Bertz CT molecular complexity index is 1310. The monoisotopic (exact) mass is 610 g/mol. The highest BCUT2D eigenvalue weighted by molar-refractivity contribution is 5.97. The fraction of sp³-hybridized carbons (Fsp3) is 0.606. The van der Waals surface area contributed by atoms with Gasteiger partial charge in [0.25, 0.3) is 5.91 Å². The second-order valence-corrected chi connectivity index (χ2v) is 12.4. The van der Waals surface area contributed by atoms with E-state index in [-0.39, 0.29) is 54.2 Å². The van der Waals surface area contributed by atoms with Crippen molar-refractivity contribution in [3.8, 4) is 0 Å². The molecule has 2 heterocycles. The third-order valence-electron chi connectivity index (χ3n) is 9.11. The van der Waals surface area contributed by atoms with Gasteiger partial charge >= 0.3 is 0 Å². The van der Waals surface area contributed by atoms with Crippen molar-refractivity contribution in [2.75, 3.05) is 33.2 Å². The minimum absolute atomic E-state index is 0.0218. The number of halogens is 1. The number of piperazine rings is 1. The minimum Gasteiger partial charge on any atom is -0.344 e. The summed E-state index contributed by atoms with van der Waals surface area (Å²) in [6, 6.07) is 4.73. The summed E-state index contributed by atoms with van der Waals surface area (Å²) < 4.78 is 17.1. The van der Waals surface area contributed by atoms with Crippen LogP contribution < -0.4 is 10.6 Å². The van der Waals surface area contributed by atoms with Gasteiger partial charge in [0.1, 0.15) is 17.6 Å². The van der Waals surface area contributed by atoms with Gasteiger partial charge in [-0.25, -0.2) is 4.39 Å². The Balaban J connectivity index is 1.48. The fourth-order valence-electron chi connectivity index (χ4n) is 6.21. The van der Waals surface area contributed by atoms with Crippen molar-refractivity contribution in [2.24, 2.45) is 11.8 Å². The van der Waals surface area contributed by atoms with E-state index in [2.05, 4.69) is 27.6 Å². The summed E-state index contributed by atoms with van der Waals surface area (Å²) in [4.78, 5) is 56.4. The number of carbonyl (C=O) groups excluding carboxylic acids is 4. The second kappa shape index (κ2) is 15.4. The van der Waals surface area contributed by atoms with Crippen molar-refractivity contribution in [3.63, 3.8) is 0 Å². The zero-order valence-corrected chi connectivity index (χ0v) is 26.5. The third-order valence-corrected chi connectivity index (χ3v) is 9.11. The largest absolute Gasteiger partial charge is 0.344 e. The molecule has 0 unspecified atom stereocenters. The SMILES string of the molecule is CCC(=O)N[C@H](Cc1ccc(CC(=O)[C@@H](NC(=O)c2ccnn2CC)C2CCC(C)CC2)c(F)c1)C(=O)N1CCN(C)CC1. The van der Waals surface area contributed by atoms with Crippen molar-refractivity contribution in [2.45, 2.75) is 84.3 Å². The van der Waals surface area contributed by atoms with Gasteiger partial charge in [-0.1, -0.05) is 38.8 Å². The molecule has 44 heavy (non-hydrogen) atoms. The highest BCUT2D eigenvalue weighted by Gasteiger charge is 2.34. The van der Waals surface area contributed by atoms with Gasteiger partial charge in [-0.15, -0.1) is 0 Å². The summed E-state index contributed by atoms with van der Waals surface area (Å²) in [5, 5.41) is 9.96. The maximum absolute atomic E-state index is 15.5. The number of ketones is 1. The molecule has 0 radical (unpaired) electrons. The van der Waals surface area contributed by atoms with E-state index in [1.54, 1.807) is 40.9 Å². The van der Waals surface area contributed by atoms with E-state index in [1.807, 2.05) is 14.0 Å². The lowest BCUT2D eigenvalue weighted by Gasteiger charge is -2.34. The number of rotatable bonds is 12. The molecule has 10 nitrogen and oxygen atoms in total. The van der Waals surface area contributed by atoms with Crippen molar-refractivity contribution in [3.05, 3.63) is 53.1 Å². The molecule has 4 rings (SSSR count). The Morgan fingerprint density at radius 1 is 1.00 bits per heavy atom. The van der Waals surface area contributed by atoms with Crippen molar-refractivity contribution >= 4 is 23.5 Å². The number of aromatic nitrogens is 2. The third kappa shape index (κ3) is 8.52. The van der Waals surface area contributed by atoms with Gasteiger partial charge in [0.15, 0.2) is 5.78 Å².